The number of hydrogen-bond acceptors (Lipinski definition) is 2. The van der Waals surface area contributed by atoms with Crippen LogP contribution in [0.25, 0.3) is 0 Å². The maximum absolute atomic E-state index is 12.1. The van der Waals surface area contributed by atoms with Gasteiger partial charge in [0, 0.05) is 13.1 Å². The van der Waals surface area contributed by atoms with Gasteiger partial charge in [0.2, 0.25) is 5.91 Å². The highest BCUT2D eigenvalue weighted by Gasteiger charge is 2.28. The molecule has 1 aliphatic heterocycles. The molecule has 1 saturated heterocycles. The van der Waals surface area contributed by atoms with Gasteiger partial charge in [-0.1, -0.05) is 37.3 Å². The Morgan fingerprint density at radius 3 is 2.41 bits per heavy atom. The molecule has 17 heavy (non-hydrogen) atoms. The minimum Gasteiger partial charge on any atom is -0.388 e. The van der Waals surface area contributed by atoms with Crippen molar-refractivity contribution >= 4 is 5.91 Å². The van der Waals surface area contributed by atoms with Crippen LogP contribution < -0.4 is 0 Å². The van der Waals surface area contributed by atoms with Crippen LogP contribution in [0.3, 0.4) is 0 Å². The lowest BCUT2D eigenvalue weighted by Crippen LogP contribution is -2.35. The van der Waals surface area contributed by atoms with E-state index in [0.717, 1.165) is 31.5 Å². The first-order valence-electron chi connectivity index (χ1n) is 6.22. The highest BCUT2D eigenvalue weighted by Crippen LogP contribution is 2.24. The molecule has 2 rings (SSSR count). The Labute approximate surface area is 102 Å². The van der Waals surface area contributed by atoms with Gasteiger partial charge in [-0.15, -0.1) is 0 Å². The molecule has 1 fully saturated rings. The number of carbonyl (C=O) groups is 1. The number of rotatable bonds is 3. The standard InChI is InChI=1S/C14H19NO2/c1-11(14(17)15-9-5-6-10-15)13(16)12-7-3-2-4-8-12/h2-4,7-8,11,13,16H,5-6,9-10H2,1H3/t11-,13-/m0/s1. The molecule has 3 nitrogen and oxygen atoms in total. The molecule has 0 aliphatic carbocycles. The highest BCUT2D eigenvalue weighted by molar-refractivity contribution is 5.79. The van der Waals surface area contributed by atoms with Crippen LogP contribution in [-0.4, -0.2) is 29.0 Å². The molecule has 1 amide bonds. The van der Waals surface area contributed by atoms with Crippen LogP contribution in [0.4, 0.5) is 0 Å². The smallest absolute Gasteiger partial charge is 0.228 e. The van der Waals surface area contributed by atoms with E-state index in [4.69, 9.17) is 0 Å². The lowest BCUT2D eigenvalue weighted by molar-refractivity contribution is -0.137. The van der Waals surface area contributed by atoms with Gasteiger partial charge < -0.3 is 10.0 Å². The zero-order valence-corrected chi connectivity index (χ0v) is 10.2. The molecular weight excluding hydrogens is 214 g/mol. The summed E-state index contributed by atoms with van der Waals surface area (Å²) in [6.45, 7) is 3.48. The normalized spacial score (nSPS) is 19.1. The Morgan fingerprint density at radius 1 is 1.24 bits per heavy atom. The van der Waals surface area contributed by atoms with Crippen LogP contribution in [0.2, 0.25) is 0 Å². The largest absolute Gasteiger partial charge is 0.388 e. The van der Waals surface area contributed by atoms with E-state index in [0.29, 0.717) is 0 Å². The molecule has 0 saturated carbocycles. The lowest BCUT2D eigenvalue weighted by atomic mass is 9.96. The summed E-state index contributed by atoms with van der Waals surface area (Å²) in [4.78, 5) is 14.0. The van der Waals surface area contributed by atoms with Gasteiger partial charge in [0.1, 0.15) is 0 Å². The van der Waals surface area contributed by atoms with Crippen molar-refractivity contribution in [1.29, 1.82) is 0 Å². The number of nitrogens with zero attached hydrogens (tertiary/aromatic N) is 1. The minimum atomic E-state index is -0.704. The van der Waals surface area contributed by atoms with Gasteiger partial charge in [0.05, 0.1) is 12.0 Å². The summed E-state index contributed by atoms with van der Waals surface area (Å²) in [5, 5.41) is 10.2. The van der Waals surface area contributed by atoms with Gasteiger partial charge in [-0.2, -0.15) is 0 Å². The van der Waals surface area contributed by atoms with Crippen LogP contribution in [-0.2, 0) is 4.79 Å². The first-order valence-corrected chi connectivity index (χ1v) is 6.22. The van der Waals surface area contributed by atoms with Crippen molar-refractivity contribution in [1.82, 2.24) is 4.90 Å². The van der Waals surface area contributed by atoms with E-state index < -0.39 is 6.10 Å². The van der Waals surface area contributed by atoms with Crippen LogP contribution in [0.15, 0.2) is 30.3 Å². The maximum atomic E-state index is 12.1. The van der Waals surface area contributed by atoms with Gasteiger partial charge >= 0.3 is 0 Å². The summed E-state index contributed by atoms with van der Waals surface area (Å²) in [5.74, 6) is -0.297. The predicted octanol–water partition coefficient (Wildman–Crippen LogP) is 1.98. The molecule has 1 N–H and O–H groups in total. The zero-order chi connectivity index (χ0) is 12.3. The first kappa shape index (κ1) is 12.1. The number of carbonyl (C=O) groups excluding carboxylic acids is 1. The minimum absolute atomic E-state index is 0.0684. The molecule has 1 aromatic rings. The van der Waals surface area contributed by atoms with Gasteiger partial charge in [0.15, 0.2) is 0 Å². The predicted molar refractivity (Wildman–Crippen MR) is 66.4 cm³/mol. The topological polar surface area (TPSA) is 40.5 Å². The fourth-order valence-corrected chi connectivity index (χ4v) is 2.30. The highest BCUT2D eigenvalue weighted by atomic mass is 16.3. The quantitative estimate of drug-likeness (QED) is 0.867. The van der Waals surface area contributed by atoms with Gasteiger partial charge in [-0.05, 0) is 18.4 Å². The van der Waals surface area contributed by atoms with E-state index in [2.05, 4.69) is 0 Å². The molecule has 0 unspecified atom stereocenters. The first-order chi connectivity index (χ1) is 8.20. The molecule has 0 bridgehead atoms. The molecule has 0 radical (unpaired) electrons. The van der Waals surface area contributed by atoms with Crippen LogP contribution in [0.5, 0.6) is 0 Å². The molecule has 1 heterocycles. The summed E-state index contributed by atoms with van der Waals surface area (Å²) in [7, 11) is 0. The van der Waals surface area contributed by atoms with E-state index in [1.54, 1.807) is 6.92 Å². The summed E-state index contributed by atoms with van der Waals surface area (Å²) < 4.78 is 0. The number of aliphatic hydroxyl groups excluding tert-OH is 1. The van der Waals surface area contributed by atoms with Crippen molar-refractivity contribution in [3.63, 3.8) is 0 Å². The Kier molecular flexibility index (Phi) is 3.79. The Hall–Kier alpha value is -1.35. The number of likely N-dealkylation sites (tertiary alicyclic amines) is 1. The third-order valence-electron chi connectivity index (χ3n) is 3.42. The Bertz CT molecular complexity index is 371. The third kappa shape index (κ3) is 2.67. The SMILES string of the molecule is C[C@H](C(=O)N1CCCC1)[C@H](O)c1ccccc1. The van der Waals surface area contributed by atoms with E-state index in [1.807, 2.05) is 35.2 Å². The van der Waals surface area contributed by atoms with Crippen molar-refractivity contribution < 1.29 is 9.90 Å². The molecule has 3 heteroatoms. The van der Waals surface area contributed by atoms with Crippen molar-refractivity contribution in [2.45, 2.75) is 25.9 Å². The van der Waals surface area contributed by atoms with E-state index >= 15 is 0 Å². The molecule has 92 valence electrons. The molecule has 1 aromatic carbocycles. The van der Waals surface area contributed by atoms with Crippen molar-refractivity contribution in [2.24, 2.45) is 5.92 Å². The van der Waals surface area contributed by atoms with Crippen molar-refractivity contribution in [3.8, 4) is 0 Å². The molecule has 2 atom stereocenters. The Balaban J connectivity index is 2.04. The molecular formula is C14H19NO2. The summed E-state index contributed by atoms with van der Waals surface area (Å²) in [6, 6.07) is 9.39. The van der Waals surface area contributed by atoms with Gasteiger partial charge in [-0.25, -0.2) is 0 Å². The van der Waals surface area contributed by atoms with E-state index in [1.165, 1.54) is 0 Å². The second-order valence-electron chi connectivity index (χ2n) is 4.68. The van der Waals surface area contributed by atoms with Crippen LogP contribution >= 0.6 is 0 Å². The fraction of sp³-hybridized carbons (Fsp3) is 0.500. The number of hydrogen-bond donors (Lipinski definition) is 1. The van der Waals surface area contributed by atoms with Crippen LogP contribution in [0.1, 0.15) is 31.4 Å². The van der Waals surface area contributed by atoms with Gasteiger partial charge in [-0.3, -0.25) is 4.79 Å². The van der Waals surface area contributed by atoms with Crippen LogP contribution in [0, 0.1) is 5.92 Å². The molecule has 0 spiro atoms. The number of benzene rings is 1. The third-order valence-corrected chi connectivity index (χ3v) is 3.42. The second-order valence-corrected chi connectivity index (χ2v) is 4.68. The average molecular weight is 233 g/mol. The summed E-state index contributed by atoms with van der Waals surface area (Å²) >= 11 is 0. The number of aliphatic hydroxyl groups is 1. The zero-order valence-electron chi connectivity index (χ0n) is 10.2. The number of amides is 1. The monoisotopic (exact) mass is 233 g/mol. The summed E-state index contributed by atoms with van der Waals surface area (Å²) in [5.41, 5.74) is 0.813. The lowest BCUT2D eigenvalue weighted by Gasteiger charge is -2.24. The van der Waals surface area contributed by atoms with E-state index in [9.17, 15) is 9.90 Å². The van der Waals surface area contributed by atoms with Crippen molar-refractivity contribution in [3.05, 3.63) is 35.9 Å². The molecule has 1 aliphatic rings. The maximum Gasteiger partial charge on any atom is 0.228 e. The van der Waals surface area contributed by atoms with Crippen molar-refractivity contribution in [2.75, 3.05) is 13.1 Å². The van der Waals surface area contributed by atoms with E-state index in [-0.39, 0.29) is 11.8 Å². The Morgan fingerprint density at radius 2 is 1.82 bits per heavy atom. The molecule has 0 aromatic heterocycles. The fourth-order valence-electron chi connectivity index (χ4n) is 2.30. The average Bonchev–Trinajstić information content (AvgIpc) is 2.91. The summed E-state index contributed by atoms with van der Waals surface area (Å²) in [6.07, 6.45) is 1.46. The van der Waals surface area contributed by atoms with Gasteiger partial charge in [0.25, 0.3) is 0 Å². The second kappa shape index (κ2) is 5.32.